The van der Waals surface area contributed by atoms with E-state index in [1.54, 1.807) is 38.3 Å². The molecule has 0 spiro atoms. The van der Waals surface area contributed by atoms with Crippen LogP contribution in [0.2, 0.25) is 0 Å². The van der Waals surface area contributed by atoms with Crippen LogP contribution in [-0.4, -0.2) is 54.0 Å². The van der Waals surface area contributed by atoms with Crippen molar-refractivity contribution >= 4 is 44.4 Å². The number of sulfonamides is 1. The Hall–Kier alpha value is -2.56. The number of carbonyl (C=O) groups excluding carboxylic acids is 1. The SMILES string of the molecule is COc1ccc2nc(SC(C)C(=O)Nc3ccc(S(=O)(=O)N4CCCCC4)cc3)[nH]c2c1. The zero-order chi connectivity index (χ0) is 22.7. The van der Waals surface area contributed by atoms with Crippen LogP contribution in [0.25, 0.3) is 11.0 Å². The van der Waals surface area contributed by atoms with Crippen molar-refractivity contribution in [2.45, 2.75) is 41.5 Å². The molecule has 10 heteroatoms. The number of imidazole rings is 1. The van der Waals surface area contributed by atoms with Crippen LogP contribution in [0.3, 0.4) is 0 Å². The van der Waals surface area contributed by atoms with Crippen molar-refractivity contribution in [3.63, 3.8) is 0 Å². The molecule has 1 amide bonds. The van der Waals surface area contributed by atoms with Crippen molar-refractivity contribution in [2.75, 3.05) is 25.5 Å². The topological polar surface area (TPSA) is 104 Å². The monoisotopic (exact) mass is 474 g/mol. The zero-order valence-electron chi connectivity index (χ0n) is 18.0. The first-order valence-electron chi connectivity index (χ1n) is 10.5. The van der Waals surface area contributed by atoms with E-state index in [0.29, 0.717) is 23.9 Å². The van der Waals surface area contributed by atoms with Crippen LogP contribution < -0.4 is 10.1 Å². The molecule has 32 heavy (non-hydrogen) atoms. The maximum atomic E-state index is 12.8. The standard InChI is InChI=1S/C22H26N4O4S2/c1-15(31-22-24-19-11-8-17(30-2)14-20(19)25-22)21(27)23-16-6-9-18(10-7-16)32(28,29)26-12-4-3-5-13-26/h6-11,14-15H,3-5,12-13H2,1-2H3,(H,23,27)(H,24,25). The minimum Gasteiger partial charge on any atom is -0.497 e. The molecule has 4 rings (SSSR count). The lowest BCUT2D eigenvalue weighted by molar-refractivity contribution is -0.115. The Morgan fingerprint density at radius 2 is 1.88 bits per heavy atom. The summed E-state index contributed by atoms with van der Waals surface area (Å²) < 4.78 is 32.3. The molecular formula is C22H26N4O4S2. The number of aromatic amines is 1. The van der Waals surface area contributed by atoms with E-state index in [0.717, 1.165) is 36.0 Å². The molecule has 2 heterocycles. The molecule has 0 radical (unpaired) electrons. The normalized spacial score (nSPS) is 16.1. The van der Waals surface area contributed by atoms with Gasteiger partial charge in [-0.25, -0.2) is 13.4 Å². The minimum atomic E-state index is -3.49. The average Bonchev–Trinajstić information content (AvgIpc) is 3.21. The van der Waals surface area contributed by atoms with Crippen LogP contribution in [0, 0.1) is 0 Å². The number of rotatable bonds is 7. The van der Waals surface area contributed by atoms with Gasteiger partial charge in [0.15, 0.2) is 5.16 Å². The fourth-order valence-electron chi connectivity index (χ4n) is 3.58. The fourth-order valence-corrected chi connectivity index (χ4v) is 5.92. The van der Waals surface area contributed by atoms with Crippen LogP contribution in [-0.2, 0) is 14.8 Å². The number of H-pyrrole nitrogens is 1. The second-order valence-corrected chi connectivity index (χ2v) is 10.9. The molecule has 1 atom stereocenters. The Labute approximate surface area is 191 Å². The summed E-state index contributed by atoms with van der Waals surface area (Å²) in [6, 6.07) is 11.9. The van der Waals surface area contributed by atoms with Gasteiger partial charge in [-0.05, 0) is 56.2 Å². The van der Waals surface area contributed by atoms with Crippen LogP contribution in [0.15, 0.2) is 52.5 Å². The molecule has 0 aliphatic carbocycles. The van der Waals surface area contributed by atoms with E-state index >= 15 is 0 Å². The third kappa shape index (κ3) is 4.92. The highest BCUT2D eigenvalue weighted by Crippen LogP contribution is 2.27. The van der Waals surface area contributed by atoms with Gasteiger partial charge in [0, 0.05) is 24.8 Å². The highest BCUT2D eigenvalue weighted by molar-refractivity contribution is 8.00. The molecule has 1 saturated heterocycles. The van der Waals surface area contributed by atoms with Crippen LogP contribution in [0.4, 0.5) is 5.69 Å². The van der Waals surface area contributed by atoms with E-state index in [-0.39, 0.29) is 10.8 Å². The summed E-state index contributed by atoms with van der Waals surface area (Å²) in [6.45, 7) is 2.91. The first-order chi connectivity index (χ1) is 15.4. The van der Waals surface area contributed by atoms with Gasteiger partial charge in [0.1, 0.15) is 5.75 Å². The molecule has 1 unspecified atom stereocenters. The van der Waals surface area contributed by atoms with Crippen molar-refractivity contribution < 1.29 is 17.9 Å². The molecule has 2 N–H and O–H groups in total. The van der Waals surface area contributed by atoms with Crippen molar-refractivity contribution in [3.8, 4) is 5.75 Å². The maximum Gasteiger partial charge on any atom is 0.243 e. The lowest BCUT2D eigenvalue weighted by Crippen LogP contribution is -2.35. The first-order valence-corrected chi connectivity index (χ1v) is 12.8. The second-order valence-electron chi connectivity index (χ2n) is 7.66. The van der Waals surface area contributed by atoms with Gasteiger partial charge in [0.25, 0.3) is 0 Å². The molecule has 8 nitrogen and oxygen atoms in total. The number of nitrogens with one attached hydrogen (secondary N) is 2. The summed E-state index contributed by atoms with van der Waals surface area (Å²) >= 11 is 1.31. The number of methoxy groups -OCH3 is 1. The Kier molecular flexibility index (Phi) is 6.73. The van der Waals surface area contributed by atoms with E-state index in [1.165, 1.54) is 16.1 Å². The van der Waals surface area contributed by atoms with E-state index in [1.807, 2.05) is 18.2 Å². The quantitative estimate of drug-likeness (QED) is 0.504. The number of ether oxygens (including phenoxy) is 1. The molecule has 170 valence electrons. The Morgan fingerprint density at radius 3 is 2.56 bits per heavy atom. The van der Waals surface area contributed by atoms with Gasteiger partial charge in [0.05, 0.1) is 28.3 Å². The lowest BCUT2D eigenvalue weighted by Gasteiger charge is -2.25. The number of carbonyl (C=O) groups is 1. The summed E-state index contributed by atoms with van der Waals surface area (Å²) in [6.07, 6.45) is 2.85. The molecular weight excluding hydrogens is 448 g/mol. The second kappa shape index (κ2) is 9.51. The number of hydrogen-bond acceptors (Lipinski definition) is 6. The van der Waals surface area contributed by atoms with Crippen LogP contribution in [0.5, 0.6) is 5.75 Å². The number of anilines is 1. The van der Waals surface area contributed by atoms with Gasteiger partial charge in [-0.3, -0.25) is 4.79 Å². The number of nitrogens with zero attached hydrogens (tertiary/aromatic N) is 2. The number of hydrogen-bond donors (Lipinski definition) is 2. The predicted octanol–water partition coefficient (Wildman–Crippen LogP) is 3.87. The van der Waals surface area contributed by atoms with E-state index in [9.17, 15) is 13.2 Å². The Balaban J connectivity index is 1.39. The summed E-state index contributed by atoms with van der Waals surface area (Å²) in [7, 11) is -1.88. The van der Waals surface area contributed by atoms with Gasteiger partial charge >= 0.3 is 0 Å². The molecule has 1 aliphatic rings. The van der Waals surface area contributed by atoms with E-state index in [4.69, 9.17) is 4.74 Å². The minimum absolute atomic E-state index is 0.195. The Bertz CT molecular complexity index is 1200. The fraction of sp³-hybridized carbons (Fsp3) is 0.364. The number of aromatic nitrogens is 2. The van der Waals surface area contributed by atoms with Gasteiger partial charge < -0.3 is 15.0 Å². The summed E-state index contributed by atoms with van der Waals surface area (Å²) in [4.78, 5) is 20.6. The van der Waals surface area contributed by atoms with Crippen LogP contribution >= 0.6 is 11.8 Å². The van der Waals surface area contributed by atoms with Crippen molar-refractivity contribution in [1.82, 2.24) is 14.3 Å². The molecule has 0 bridgehead atoms. The summed E-state index contributed by atoms with van der Waals surface area (Å²) in [5, 5.41) is 3.07. The lowest BCUT2D eigenvalue weighted by atomic mass is 10.2. The van der Waals surface area contributed by atoms with Gasteiger partial charge in [0.2, 0.25) is 15.9 Å². The third-order valence-electron chi connectivity index (χ3n) is 5.40. The highest BCUT2D eigenvalue weighted by Gasteiger charge is 2.26. The predicted molar refractivity (Wildman–Crippen MR) is 126 cm³/mol. The molecule has 1 aromatic heterocycles. The number of amides is 1. The average molecular weight is 475 g/mol. The van der Waals surface area contributed by atoms with Crippen LogP contribution in [0.1, 0.15) is 26.2 Å². The largest absolute Gasteiger partial charge is 0.497 e. The summed E-state index contributed by atoms with van der Waals surface area (Å²) in [5.41, 5.74) is 2.19. The van der Waals surface area contributed by atoms with Crippen molar-refractivity contribution in [2.24, 2.45) is 0 Å². The number of benzene rings is 2. The highest BCUT2D eigenvalue weighted by atomic mass is 32.2. The van der Waals surface area contributed by atoms with Gasteiger partial charge in [-0.2, -0.15) is 4.31 Å². The van der Waals surface area contributed by atoms with Gasteiger partial charge in [-0.1, -0.05) is 18.2 Å². The smallest absolute Gasteiger partial charge is 0.243 e. The van der Waals surface area contributed by atoms with Crippen molar-refractivity contribution in [1.29, 1.82) is 0 Å². The number of fused-ring (bicyclic) bond motifs is 1. The maximum absolute atomic E-state index is 12.8. The van der Waals surface area contributed by atoms with E-state index in [2.05, 4.69) is 15.3 Å². The molecule has 1 aliphatic heterocycles. The number of piperidine rings is 1. The third-order valence-corrected chi connectivity index (χ3v) is 8.30. The number of thioether (sulfide) groups is 1. The molecule has 3 aromatic rings. The molecule has 0 saturated carbocycles. The molecule has 2 aromatic carbocycles. The zero-order valence-corrected chi connectivity index (χ0v) is 19.6. The van der Waals surface area contributed by atoms with E-state index < -0.39 is 15.3 Å². The Morgan fingerprint density at radius 1 is 1.16 bits per heavy atom. The molecule has 1 fully saturated rings. The first kappa shape index (κ1) is 22.6. The van der Waals surface area contributed by atoms with Crippen molar-refractivity contribution in [3.05, 3.63) is 42.5 Å². The summed E-state index contributed by atoms with van der Waals surface area (Å²) in [5.74, 6) is 0.536. The van der Waals surface area contributed by atoms with Gasteiger partial charge in [-0.15, -0.1) is 0 Å².